The Morgan fingerprint density at radius 1 is 1.39 bits per heavy atom. The van der Waals surface area contributed by atoms with Gasteiger partial charge >= 0.3 is 0 Å². The van der Waals surface area contributed by atoms with E-state index in [1.54, 1.807) is 0 Å². The molecule has 3 rings (SSSR count). The third-order valence-electron chi connectivity index (χ3n) is 4.20. The Hall–Kier alpha value is -3.02. The molecule has 1 saturated heterocycles. The van der Waals surface area contributed by atoms with Crippen molar-refractivity contribution in [2.75, 3.05) is 26.8 Å². The fourth-order valence-electron chi connectivity index (χ4n) is 2.93. The normalized spacial score (nSPS) is 18.2. The average Bonchev–Trinajstić information content (AvgIpc) is 3.26. The minimum absolute atomic E-state index is 0.0231. The van der Waals surface area contributed by atoms with Crippen molar-refractivity contribution in [2.45, 2.75) is 24.9 Å². The molecule has 0 aromatic carbocycles. The molecule has 2 amide bonds. The summed E-state index contributed by atoms with van der Waals surface area (Å²) in [6.45, 7) is -0.0836. The number of amides is 2. The van der Waals surface area contributed by atoms with E-state index in [4.69, 9.17) is 4.74 Å². The lowest BCUT2D eigenvalue weighted by molar-refractivity contribution is 0.0116. The van der Waals surface area contributed by atoms with Gasteiger partial charge in [0, 0.05) is 26.3 Å². The van der Waals surface area contributed by atoms with E-state index < -0.39 is 36.7 Å². The fourth-order valence-corrected chi connectivity index (χ4v) is 2.93. The molecule has 1 atom stereocenters. The van der Waals surface area contributed by atoms with Gasteiger partial charge in [0.25, 0.3) is 17.7 Å². The zero-order valence-corrected chi connectivity index (χ0v) is 15.1. The molecule has 2 aromatic rings. The van der Waals surface area contributed by atoms with Crippen molar-refractivity contribution in [3.05, 3.63) is 36.2 Å². The van der Waals surface area contributed by atoms with E-state index in [1.165, 1.54) is 36.6 Å². The van der Waals surface area contributed by atoms with Crippen molar-refractivity contribution >= 4 is 11.8 Å². The number of hydrogen-bond donors (Lipinski definition) is 1. The lowest BCUT2D eigenvalue weighted by atomic mass is 10.2. The zero-order chi connectivity index (χ0) is 20.1. The van der Waals surface area contributed by atoms with Crippen LogP contribution in [0.1, 0.15) is 27.4 Å². The molecule has 1 aliphatic heterocycles. The van der Waals surface area contributed by atoms with Crippen LogP contribution in [0.25, 0.3) is 0 Å². The topological polar surface area (TPSA) is 115 Å². The molecular formula is C16H19F2N7O3. The van der Waals surface area contributed by atoms with E-state index in [1.807, 2.05) is 0 Å². The summed E-state index contributed by atoms with van der Waals surface area (Å²) < 4.78 is 34.1. The number of rotatable bonds is 7. The molecule has 0 bridgehead atoms. The molecule has 0 spiro atoms. The van der Waals surface area contributed by atoms with E-state index in [0.717, 1.165) is 4.90 Å². The van der Waals surface area contributed by atoms with Crippen molar-refractivity contribution in [1.29, 1.82) is 0 Å². The summed E-state index contributed by atoms with van der Waals surface area (Å²) >= 11 is 0. The monoisotopic (exact) mass is 395 g/mol. The first-order valence-electron chi connectivity index (χ1n) is 8.52. The molecule has 3 heterocycles. The third-order valence-corrected chi connectivity index (χ3v) is 4.20. The molecular weight excluding hydrogens is 376 g/mol. The number of alkyl halides is 2. The van der Waals surface area contributed by atoms with Crippen LogP contribution in [0.5, 0.6) is 0 Å². The van der Waals surface area contributed by atoms with E-state index in [2.05, 4.69) is 25.6 Å². The largest absolute Gasteiger partial charge is 0.383 e. The van der Waals surface area contributed by atoms with Crippen LogP contribution in [0.15, 0.2) is 24.8 Å². The smallest absolute Gasteiger partial charge is 0.273 e. The Kier molecular flexibility index (Phi) is 5.87. The molecule has 12 heteroatoms. The Morgan fingerprint density at radius 2 is 2.21 bits per heavy atom. The molecule has 2 aromatic heterocycles. The second-order valence-electron chi connectivity index (χ2n) is 6.32. The lowest BCUT2D eigenvalue weighted by Crippen LogP contribution is -2.39. The highest BCUT2D eigenvalue weighted by atomic mass is 19.3. The number of hydrogen-bond acceptors (Lipinski definition) is 7. The van der Waals surface area contributed by atoms with Gasteiger partial charge in [-0.1, -0.05) is 5.21 Å². The zero-order valence-electron chi connectivity index (χ0n) is 15.1. The third kappa shape index (κ3) is 4.63. The summed E-state index contributed by atoms with van der Waals surface area (Å²) in [5.41, 5.74) is 0.0871. The van der Waals surface area contributed by atoms with Crippen molar-refractivity contribution in [2.24, 2.45) is 0 Å². The maximum Gasteiger partial charge on any atom is 0.273 e. The molecule has 0 aliphatic carbocycles. The number of nitrogens with zero attached hydrogens (tertiary/aromatic N) is 6. The van der Waals surface area contributed by atoms with Gasteiger partial charge in [-0.2, -0.15) is 0 Å². The van der Waals surface area contributed by atoms with Gasteiger partial charge in [-0.3, -0.25) is 9.59 Å². The van der Waals surface area contributed by atoms with Gasteiger partial charge in [-0.05, 0) is 6.07 Å². The van der Waals surface area contributed by atoms with Crippen LogP contribution in [0, 0.1) is 0 Å². The van der Waals surface area contributed by atoms with E-state index in [9.17, 15) is 18.4 Å². The Bertz CT molecular complexity index is 831. The number of nitrogens with one attached hydrogen (secondary N) is 1. The molecule has 0 saturated carbocycles. The average molecular weight is 395 g/mol. The predicted octanol–water partition coefficient (Wildman–Crippen LogP) is -0.00570. The molecule has 28 heavy (non-hydrogen) atoms. The van der Waals surface area contributed by atoms with Gasteiger partial charge in [0.05, 0.1) is 31.9 Å². The van der Waals surface area contributed by atoms with Crippen LogP contribution in [0.4, 0.5) is 8.78 Å². The number of carbonyl (C=O) groups is 2. The molecule has 1 fully saturated rings. The van der Waals surface area contributed by atoms with Crippen LogP contribution in [-0.2, 0) is 11.3 Å². The first-order valence-corrected chi connectivity index (χ1v) is 8.52. The van der Waals surface area contributed by atoms with Gasteiger partial charge in [0.2, 0.25) is 0 Å². The van der Waals surface area contributed by atoms with Crippen molar-refractivity contribution < 1.29 is 23.1 Å². The SMILES string of the molecule is COCCNC(=O)c1cn(CC2CC(F)(F)CN2C(=O)c2ccncn2)nn1. The number of aromatic nitrogens is 5. The van der Waals surface area contributed by atoms with E-state index >= 15 is 0 Å². The molecule has 150 valence electrons. The quantitative estimate of drug-likeness (QED) is 0.656. The summed E-state index contributed by atoms with van der Waals surface area (Å²) in [4.78, 5) is 33.1. The number of halogens is 2. The van der Waals surface area contributed by atoms with E-state index in [0.29, 0.717) is 13.2 Å². The lowest BCUT2D eigenvalue weighted by Gasteiger charge is -2.23. The Balaban J connectivity index is 1.69. The maximum absolute atomic E-state index is 14.0. The number of ether oxygens (including phenoxy) is 1. The van der Waals surface area contributed by atoms with Crippen LogP contribution in [0.2, 0.25) is 0 Å². The minimum atomic E-state index is -3.02. The number of carbonyl (C=O) groups excluding carboxylic acids is 2. The van der Waals surface area contributed by atoms with Crippen LogP contribution in [0.3, 0.4) is 0 Å². The van der Waals surface area contributed by atoms with Gasteiger partial charge < -0.3 is 15.0 Å². The summed E-state index contributed by atoms with van der Waals surface area (Å²) in [5, 5.41) is 10.1. The predicted molar refractivity (Wildman–Crippen MR) is 90.7 cm³/mol. The summed E-state index contributed by atoms with van der Waals surface area (Å²) in [5.74, 6) is -4.08. The molecule has 0 radical (unpaired) electrons. The molecule has 1 aliphatic rings. The van der Waals surface area contributed by atoms with Gasteiger partial charge in [-0.25, -0.2) is 23.4 Å². The second kappa shape index (κ2) is 8.33. The van der Waals surface area contributed by atoms with Crippen molar-refractivity contribution in [3.63, 3.8) is 0 Å². The number of likely N-dealkylation sites (tertiary alicyclic amines) is 1. The molecule has 1 N–H and O–H groups in total. The highest BCUT2D eigenvalue weighted by Gasteiger charge is 2.47. The van der Waals surface area contributed by atoms with Crippen LogP contribution in [-0.4, -0.2) is 80.4 Å². The minimum Gasteiger partial charge on any atom is -0.383 e. The second-order valence-corrected chi connectivity index (χ2v) is 6.32. The summed E-state index contributed by atoms with van der Waals surface area (Å²) in [6, 6.07) is 0.553. The summed E-state index contributed by atoms with van der Waals surface area (Å²) in [7, 11) is 1.51. The van der Waals surface area contributed by atoms with Gasteiger partial charge in [-0.15, -0.1) is 5.10 Å². The summed E-state index contributed by atoms with van der Waals surface area (Å²) in [6.07, 6.45) is 3.39. The van der Waals surface area contributed by atoms with Crippen LogP contribution >= 0.6 is 0 Å². The molecule has 1 unspecified atom stereocenters. The Morgan fingerprint density at radius 3 is 2.93 bits per heavy atom. The van der Waals surface area contributed by atoms with Crippen molar-refractivity contribution in [3.8, 4) is 0 Å². The standard InChI is InChI=1S/C16H19F2N7O3/c1-28-5-4-20-14(26)13-8-24(23-22-13)7-11-6-16(17,18)9-25(11)15(27)12-2-3-19-10-21-12/h2-3,8,10-11H,4-7,9H2,1H3,(H,20,26). The first-order chi connectivity index (χ1) is 13.4. The maximum atomic E-state index is 14.0. The van der Waals surface area contributed by atoms with Crippen molar-refractivity contribution in [1.82, 2.24) is 35.2 Å². The van der Waals surface area contributed by atoms with Gasteiger partial charge in [0.1, 0.15) is 12.0 Å². The Labute approximate surface area is 158 Å². The van der Waals surface area contributed by atoms with Gasteiger partial charge in [0.15, 0.2) is 5.69 Å². The van der Waals surface area contributed by atoms with E-state index in [-0.39, 0.29) is 17.9 Å². The van der Waals surface area contributed by atoms with Crippen LogP contribution < -0.4 is 5.32 Å². The highest BCUT2D eigenvalue weighted by Crippen LogP contribution is 2.33. The fraction of sp³-hybridized carbons (Fsp3) is 0.500. The number of methoxy groups -OCH3 is 1. The highest BCUT2D eigenvalue weighted by molar-refractivity contribution is 5.93. The molecule has 10 nitrogen and oxygen atoms in total. The first kappa shape index (κ1) is 19.7.